The summed E-state index contributed by atoms with van der Waals surface area (Å²) in [7, 11) is 0. The molecule has 0 aliphatic heterocycles. The Morgan fingerprint density at radius 2 is 1.48 bits per heavy atom. The standard InChI is InChI=1S/C27H29NO/c29-27(20-24-16-9-15-23-14-7-8-17-25(23)24)28-19-18-26(21-10-3-1-4-11-21)22-12-5-2-6-13-22/h1-8,10-14,17,24,26H,9,15-16,18-20H2,(H,28,29). The van der Waals surface area contributed by atoms with Crippen molar-refractivity contribution in [1.82, 2.24) is 5.32 Å². The Kier molecular flexibility index (Phi) is 6.41. The predicted octanol–water partition coefficient (Wildman–Crippen LogP) is 5.84. The molecule has 2 heteroatoms. The number of hydrogen-bond donors (Lipinski definition) is 1. The molecular weight excluding hydrogens is 354 g/mol. The lowest BCUT2D eigenvalue weighted by atomic mass is 9.81. The van der Waals surface area contributed by atoms with Crippen LogP contribution in [0.25, 0.3) is 0 Å². The van der Waals surface area contributed by atoms with Crippen molar-refractivity contribution in [2.24, 2.45) is 0 Å². The zero-order valence-corrected chi connectivity index (χ0v) is 16.9. The van der Waals surface area contributed by atoms with Crippen LogP contribution < -0.4 is 5.32 Å². The average molecular weight is 384 g/mol. The lowest BCUT2D eigenvalue weighted by Gasteiger charge is -2.25. The Labute approximate surface area is 174 Å². The first kappa shape index (κ1) is 19.4. The highest BCUT2D eigenvalue weighted by Crippen LogP contribution is 2.33. The largest absolute Gasteiger partial charge is 0.356 e. The van der Waals surface area contributed by atoms with Crippen molar-refractivity contribution in [1.29, 1.82) is 0 Å². The molecule has 1 atom stereocenters. The van der Waals surface area contributed by atoms with E-state index in [1.54, 1.807) is 0 Å². The van der Waals surface area contributed by atoms with E-state index in [4.69, 9.17) is 0 Å². The van der Waals surface area contributed by atoms with E-state index in [1.165, 1.54) is 28.7 Å². The summed E-state index contributed by atoms with van der Waals surface area (Å²) in [5, 5.41) is 3.19. The monoisotopic (exact) mass is 383 g/mol. The van der Waals surface area contributed by atoms with Crippen LogP contribution in [0.5, 0.6) is 0 Å². The van der Waals surface area contributed by atoms with Crippen molar-refractivity contribution in [3.8, 4) is 0 Å². The van der Waals surface area contributed by atoms with Crippen LogP contribution in [0, 0.1) is 0 Å². The topological polar surface area (TPSA) is 29.1 Å². The molecule has 3 aromatic carbocycles. The van der Waals surface area contributed by atoms with E-state index in [2.05, 4.69) is 90.2 Å². The number of aryl methyl sites for hydroxylation is 1. The number of hydrogen-bond acceptors (Lipinski definition) is 1. The van der Waals surface area contributed by atoms with Crippen LogP contribution in [0.4, 0.5) is 0 Å². The van der Waals surface area contributed by atoms with E-state index in [0.717, 1.165) is 19.3 Å². The fourth-order valence-electron chi connectivity index (χ4n) is 4.61. The molecule has 0 saturated heterocycles. The molecule has 0 saturated carbocycles. The number of carbonyl (C=O) groups is 1. The maximum absolute atomic E-state index is 12.7. The van der Waals surface area contributed by atoms with Crippen LogP contribution >= 0.6 is 0 Å². The summed E-state index contributed by atoms with van der Waals surface area (Å²) >= 11 is 0. The van der Waals surface area contributed by atoms with Gasteiger partial charge < -0.3 is 5.32 Å². The molecule has 1 unspecified atom stereocenters. The Morgan fingerprint density at radius 3 is 2.17 bits per heavy atom. The minimum atomic E-state index is 0.173. The summed E-state index contributed by atoms with van der Waals surface area (Å²) in [6, 6.07) is 29.8. The molecule has 148 valence electrons. The van der Waals surface area contributed by atoms with Gasteiger partial charge in [-0.25, -0.2) is 0 Å². The van der Waals surface area contributed by atoms with Crippen LogP contribution in [-0.2, 0) is 11.2 Å². The summed E-state index contributed by atoms with van der Waals surface area (Å²) in [6.45, 7) is 0.696. The normalized spacial score (nSPS) is 15.7. The predicted molar refractivity (Wildman–Crippen MR) is 119 cm³/mol. The van der Waals surface area contributed by atoms with Crippen molar-refractivity contribution in [2.75, 3.05) is 6.54 Å². The fraction of sp³-hybridized carbons (Fsp3) is 0.296. The molecule has 0 spiro atoms. The third-order valence-electron chi connectivity index (χ3n) is 6.08. The van der Waals surface area contributed by atoms with Gasteiger partial charge in [-0.3, -0.25) is 4.79 Å². The van der Waals surface area contributed by atoms with E-state index in [0.29, 0.717) is 24.8 Å². The van der Waals surface area contributed by atoms with Gasteiger partial charge in [-0.15, -0.1) is 0 Å². The fourth-order valence-corrected chi connectivity index (χ4v) is 4.61. The number of rotatable bonds is 7. The van der Waals surface area contributed by atoms with Gasteiger partial charge in [0.1, 0.15) is 0 Å². The zero-order chi connectivity index (χ0) is 19.9. The summed E-state index contributed by atoms with van der Waals surface area (Å²) in [5.74, 6) is 0.832. The number of benzene rings is 3. The zero-order valence-electron chi connectivity index (χ0n) is 16.9. The summed E-state index contributed by atoms with van der Waals surface area (Å²) in [5.41, 5.74) is 5.40. The van der Waals surface area contributed by atoms with Crippen LogP contribution in [0.15, 0.2) is 84.9 Å². The van der Waals surface area contributed by atoms with Crippen LogP contribution in [0.1, 0.15) is 59.8 Å². The first-order valence-electron chi connectivity index (χ1n) is 10.8. The van der Waals surface area contributed by atoms with Crippen molar-refractivity contribution in [3.05, 3.63) is 107 Å². The smallest absolute Gasteiger partial charge is 0.220 e. The van der Waals surface area contributed by atoms with Crippen LogP contribution in [0.2, 0.25) is 0 Å². The molecule has 1 aliphatic rings. The van der Waals surface area contributed by atoms with Gasteiger partial charge >= 0.3 is 0 Å². The van der Waals surface area contributed by atoms with Crippen molar-refractivity contribution in [2.45, 2.75) is 43.9 Å². The summed E-state index contributed by atoms with van der Waals surface area (Å²) < 4.78 is 0. The average Bonchev–Trinajstić information content (AvgIpc) is 2.78. The Bertz CT molecular complexity index is 880. The number of nitrogens with one attached hydrogen (secondary N) is 1. The SMILES string of the molecule is O=C(CC1CCCc2ccccc21)NCCC(c1ccccc1)c1ccccc1. The van der Waals surface area contributed by atoms with Gasteiger partial charge in [-0.05, 0) is 53.9 Å². The lowest BCUT2D eigenvalue weighted by molar-refractivity contribution is -0.121. The van der Waals surface area contributed by atoms with E-state index < -0.39 is 0 Å². The highest BCUT2D eigenvalue weighted by Gasteiger charge is 2.22. The van der Waals surface area contributed by atoms with Gasteiger partial charge in [-0.2, -0.15) is 0 Å². The van der Waals surface area contributed by atoms with Crippen molar-refractivity contribution < 1.29 is 4.79 Å². The third-order valence-corrected chi connectivity index (χ3v) is 6.08. The summed E-state index contributed by atoms with van der Waals surface area (Å²) in [6.07, 6.45) is 4.93. The second-order valence-electron chi connectivity index (χ2n) is 8.00. The molecule has 4 rings (SSSR count). The molecule has 0 radical (unpaired) electrons. The maximum atomic E-state index is 12.7. The minimum absolute atomic E-state index is 0.173. The molecule has 1 aliphatic carbocycles. The molecule has 1 amide bonds. The van der Waals surface area contributed by atoms with Gasteiger partial charge in [0, 0.05) is 18.9 Å². The van der Waals surface area contributed by atoms with Crippen molar-refractivity contribution in [3.63, 3.8) is 0 Å². The highest BCUT2D eigenvalue weighted by molar-refractivity contribution is 5.77. The first-order valence-corrected chi connectivity index (χ1v) is 10.8. The molecule has 0 bridgehead atoms. The van der Waals surface area contributed by atoms with Crippen LogP contribution in [0.3, 0.4) is 0 Å². The third kappa shape index (κ3) is 4.95. The molecule has 1 N–H and O–H groups in total. The molecule has 2 nitrogen and oxygen atoms in total. The van der Waals surface area contributed by atoms with E-state index in [1.807, 2.05) is 0 Å². The van der Waals surface area contributed by atoms with E-state index in [-0.39, 0.29) is 5.91 Å². The highest BCUT2D eigenvalue weighted by atomic mass is 16.1. The maximum Gasteiger partial charge on any atom is 0.220 e. The second kappa shape index (κ2) is 9.56. The summed E-state index contributed by atoms with van der Waals surface area (Å²) in [4.78, 5) is 12.7. The quantitative estimate of drug-likeness (QED) is 0.546. The van der Waals surface area contributed by atoms with Gasteiger partial charge in [0.25, 0.3) is 0 Å². The minimum Gasteiger partial charge on any atom is -0.356 e. The molecule has 0 heterocycles. The molecule has 0 aromatic heterocycles. The Hall–Kier alpha value is -2.87. The van der Waals surface area contributed by atoms with Gasteiger partial charge in [0.2, 0.25) is 5.91 Å². The molecule has 3 aromatic rings. The molecule has 29 heavy (non-hydrogen) atoms. The van der Waals surface area contributed by atoms with Crippen LogP contribution in [-0.4, -0.2) is 12.5 Å². The number of amides is 1. The number of fused-ring (bicyclic) bond motifs is 1. The molecule has 0 fully saturated rings. The van der Waals surface area contributed by atoms with Crippen molar-refractivity contribution >= 4 is 5.91 Å². The van der Waals surface area contributed by atoms with E-state index in [9.17, 15) is 4.79 Å². The van der Waals surface area contributed by atoms with E-state index >= 15 is 0 Å². The van der Waals surface area contributed by atoms with Gasteiger partial charge in [0.15, 0.2) is 0 Å². The first-order chi connectivity index (χ1) is 14.3. The number of carbonyl (C=O) groups excluding carboxylic acids is 1. The second-order valence-corrected chi connectivity index (χ2v) is 8.00. The Balaban J connectivity index is 1.36. The van der Waals surface area contributed by atoms with Gasteiger partial charge in [0.05, 0.1) is 0 Å². The molecular formula is C27H29NO. The van der Waals surface area contributed by atoms with Gasteiger partial charge in [-0.1, -0.05) is 84.9 Å². The lowest BCUT2D eigenvalue weighted by Crippen LogP contribution is -2.28. The Morgan fingerprint density at radius 1 is 0.862 bits per heavy atom.